The monoisotopic (exact) mass is 284 g/mol. The van der Waals surface area contributed by atoms with Crippen molar-refractivity contribution in [3.8, 4) is 0 Å². The number of alkyl halides is 2. The molecule has 3 fully saturated rings. The fourth-order valence-electron chi connectivity index (χ4n) is 3.10. The predicted octanol–water partition coefficient (Wildman–Crippen LogP) is 2.86. The zero-order chi connectivity index (χ0) is 11.6. The zero-order valence-corrected chi connectivity index (χ0v) is 10.00. The summed E-state index contributed by atoms with van der Waals surface area (Å²) < 4.78 is 12.6. The second-order valence-electron chi connectivity index (χ2n) is 4.76. The minimum Gasteiger partial charge on any atom is -0.481 e. The number of rotatable bonds is 2. The van der Waals surface area contributed by atoms with E-state index in [0.29, 0.717) is 12.8 Å². The van der Waals surface area contributed by atoms with E-state index in [0.717, 1.165) is 5.56 Å². The van der Waals surface area contributed by atoms with Crippen LogP contribution in [0.1, 0.15) is 18.4 Å². The Hall–Kier alpha value is -0.900. The fraction of sp³-hybridized carbons (Fsp3) is 0.417. The first-order valence-corrected chi connectivity index (χ1v) is 5.92. The summed E-state index contributed by atoms with van der Waals surface area (Å²) in [7, 11) is 0. The molecule has 0 saturated heterocycles. The number of carboxylic acids is 1. The van der Waals surface area contributed by atoms with Gasteiger partial charge in [-0.2, -0.15) is 0 Å². The lowest BCUT2D eigenvalue weighted by atomic mass is 9.32. The molecular weight excluding hydrogens is 275 g/mol. The number of hydrogen-bond donors (Lipinski definition) is 1. The van der Waals surface area contributed by atoms with Crippen LogP contribution in [0.5, 0.6) is 0 Å². The van der Waals surface area contributed by atoms with E-state index in [4.69, 9.17) is 5.11 Å². The van der Waals surface area contributed by atoms with Crippen molar-refractivity contribution in [2.24, 2.45) is 5.41 Å². The Morgan fingerprint density at radius 2 is 1.88 bits per heavy atom. The maximum atomic E-state index is 14.4. The molecule has 0 heterocycles. The van der Waals surface area contributed by atoms with Gasteiger partial charge in [0.05, 0.1) is 0 Å². The van der Waals surface area contributed by atoms with Gasteiger partial charge in [-0.15, -0.1) is 0 Å². The molecule has 2 nitrogen and oxygen atoms in total. The van der Waals surface area contributed by atoms with Crippen molar-refractivity contribution in [1.29, 1.82) is 0 Å². The van der Waals surface area contributed by atoms with E-state index in [1.54, 1.807) is 0 Å². The van der Waals surface area contributed by atoms with Gasteiger partial charge in [0.15, 0.2) is 4.58 Å². The van der Waals surface area contributed by atoms with Crippen LogP contribution in [0.25, 0.3) is 0 Å². The summed E-state index contributed by atoms with van der Waals surface area (Å²) in [4.78, 5) is 11.1. The first-order chi connectivity index (χ1) is 7.46. The Bertz CT molecular complexity index is 463. The molecule has 0 amide bonds. The van der Waals surface area contributed by atoms with E-state index in [9.17, 15) is 9.18 Å². The number of aliphatic carboxylic acids is 1. The molecule has 3 saturated carbocycles. The SMILES string of the molecule is O=C(O)C12CC(c3ccccc3)(C1)C2(F)Br. The average Bonchev–Trinajstić information content (AvgIpc) is 2.16. The lowest BCUT2D eigenvalue weighted by molar-refractivity contribution is -0.250. The van der Waals surface area contributed by atoms with Crippen molar-refractivity contribution in [2.75, 3.05) is 0 Å². The van der Waals surface area contributed by atoms with Crippen LogP contribution in [-0.2, 0) is 10.2 Å². The van der Waals surface area contributed by atoms with Crippen LogP contribution >= 0.6 is 15.9 Å². The maximum absolute atomic E-state index is 14.4. The van der Waals surface area contributed by atoms with Gasteiger partial charge in [0.2, 0.25) is 0 Å². The molecule has 1 unspecified atom stereocenters. The molecule has 4 rings (SSSR count). The minimum absolute atomic E-state index is 0.390. The van der Waals surface area contributed by atoms with Gasteiger partial charge in [-0.05, 0) is 34.3 Å². The summed E-state index contributed by atoms with van der Waals surface area (Å²) >= 11 is 2.98. The van der Waals surface area contributed by atoms with Gasteiger partial charge < -0.3 is 5.11 Å². The molecule has 2 bridgehead atoms. The molecule has 0 aliphatic heterocycles. The quantitative estimate of drug-likeness (QED) is 0.848. The lowest BCUT2D eigenvalue weighted by Crippen LogP contribution is -2.83. The van der Waals surface area contributed by atoms with E-state index in [-0.39, 0.29) is 0 Å². The van der Waals surface area contributed by atoms with E-state index in [2.05, 4.69) is 15.9 Å². The van der Waals surface area contributed by atoms with Crippen LogP contribution in [0.3, 0.4) is 0 Å². The first-order valence-electron chi connectivity index (χ1n) is 5.13. The van der Waals surface area contributed by atoms with Crippen molar-refractivity contribution in [2.45, 2.75) is 22.8 Å². The van der Waals surface area contributed by atoms with Crippen molar-refractivity contribution in [3.63, 3.8) is 0 Å². The number of carboxylic acid groups (broad SMARTS) is 1. The Morgan fingerprint density at radius 1 is 1.31 bits per heavy atom. The smallest absolute Gasteiger partial charge is 0.313 e. The average molecular weight is 285 g/mol. The van der Waals surface area contributed by atoms with Crippen molar-refractivity contribution in [1.82, 2.24) is 0 Å². The van der Waals surface area contributed by atoms with Crippen LogP contribution < -0.4 is 0 Å². The molecule has 3 aliphatic carbocycles. The third-order valence-corrected chi connectivity index (χ3v) is 5.66. The van der Waals surface area contributed by atoms with Gasteiger partial charge in [-0.3, -0.25) is 4.79 Å². The van der Waals surface area contributed by atoms with Gasteiger partial charge >= 0.3 is 5.97 Å². The first kappa shape index (κ1) is 10.3. The highest BCUT2D eigenvalue weighted by molar-refractivity contribution is 9.10. The topological polar surface area (TPSA) is 37.3 Å². The lowest BCUT2D eigenvalue weighted by Gasteiger charge is -2.75. The second kappa shape index (κ2) is 2.67. The fourth-order valence-corrected chi connectivity index (χ4v) is 4.05. The standard InChI is InChI=1S/C12H10BrFO2/c13-12(14)10(8-4-2-1-3-5-8)6-11(12,7-10)9(15)16/h1-5H,6-7H2,(H,15,16). The largest absolute Gasteiger partial charge is 0.481 e. The van der Waals surface area contributed by atoms with Crippen LogP contribution in [0, 0.1) is 5.41 Å². The van der Waals surface area contributed by atoms with Gasteiger partial charge in [0.1, 0.15) is 5.41 Å². The van der Waals surface area contributed by atoms with E-state index >= 15 is 0 Å². The Morgan fingerprint density at radius 3 is 2.31 bits per heavy atom. The Balaban J connectivity index is 2.01. The predicted molar refractivity (Wildman–Crippen MR) is 60.2 cm³/mol. The van der Waals surface area contributed by atoms with Crippen molar-refractivity contribution >= 4 is 21.9 Å². The Labute approximate surface area is 101 Å². The number of carbonyl (C=O) groups is 1. The summed E-state index contributed by atoms with van der Waals surface area (Å²) in [6, 6.07) is 9.30. The summed E-state index contributed by atoms with van der Waals surface area (Å²) in [6.45, 7) is 0. The van der Waals surface area contributed by atoms with E-state index in [1.165, 1.54) is 0 Å². The molecule has 16 heavy (non-hydrogen) atoms. The molecule has 3 aliphatic rings. The number of halogens is 2. The summed E-state index contributed by atoms with van der Waals surface area (Å²) in [6.07, 6.45) is 0.780. The third kappa shape index (κ3) is 0.796. The molecule has 84 valence electrons. The summed E-state index contributed by atoms with van der Waals surface area (Å²) in [5.74, 6) is -1.04. The van der Waals surface area contributed by atoms with Gasteiger partial charge in [-0.1, -0.05) is 30.3 Å². The van der Waals surface area contributed by atoms with Gasteiger partial charge in [0, 0.05) is 5.41 Å². The van der Waals surface area contributed by atoms with E-state index < -0.39 is 21.4 Å². The molecule has 1 aromatic carbocycles. The normalized spacial score (nSPS) is 44.4. The molecule has 0 radical (unpaired) electrons. The zero-order valence-electron chi connectivity index (χ0n) is 8.41. The van der Waals surface area contributed by atoms with Crippen molar-refractivity contribution < 1.29 is 14.3 Å². The van der Waals surface area contributed by atoms with Crippen molar-refractivity contribution in [3.05, 3.63) is 35.9 Å². The van der Waals surface area contributed by atoms with E-state index in [1.807, 2.05) is 30.3 Å². The van der Waals surface area contributed by atoms with Crippen LogP contribution in [-0.4, -0.2) is 15.7 Å². The van der Waals surface area contributed by atoms with Gasteiger partial charge in [0.25, 0.3) is 0 Å². The molecule has 4 heteroatoms. The highest BCUT2D eigenvalue weighted by Gasteiger charge is 2.89. The van der Waals surface area contributed by atoms with Crippen LogP contribution in [0.4, 0.5) is 4.39 Å². The summed E-state index contributed by atoms with van der Waals surface area (Å²) in [5, 5.41) is 9.06. The molecular formula is C12H10BrFO2. The van der Waals surface area contributed by atoms with Crippen LogP contribution in [0.15, 0.2) is 30.3 Å². The Kier molecular flexibility index (Phi) is 1.71. The summed E-state index contributed by atoms with van der Waals surface area (Å²) in [5.41, 5.74) is -0.951. The molecule has 1 N–H and O–H groups in total. The van der Waals surface area contributed by atoms with Gasteiger partial charge in [-0.25, -0.2) is 4.39 Å². The molecule has 0 aromatic heterocycles. The highest BCUT2D eigenvalue weighted by Crippen LogP contribution is 2.83. The second-order valence-corrected chi connectivity index (χ2v) is 5.86. The number of hydrogen-bond acceptors (Lipinski definition) is 1. The minimum atomic E-state index is -1.79. The number of benzene rings is 1. The maximum Gasteiger partial charge on any atom is 0.313 e. The molecule has 1 atom stereocenters. The van der Waals surface area contributed by atoms with Crippen LogP contribution in [0.2, 0.25) is 0 Å². The third-order valence-electron chi connectivity index (χ3n) is 4.14. The molecule has 0 spiro atoms. The highest BCUT2D eigenvalue weighted by atomic mass is 79.9. The molecule has 1 aromatic rings.